The van der Waals surface area contributed by atoms with E-state index >= 15 is 0 Å². The number of benzene rings is 1. The fraction of sp³-hybridized carbons (Fsp3) is 0.417. The van der Waals surface area contributed by atoms with Crippen molar-refractivity contribution in [3.8, 4) is 0 Å². The Morgan fingerprint density at radius 1 is 1.30 bits per heavy atom. The van der Waals surface area contributed by atoms with Crippen LogP contribution in [0.1, 0.15) is 25.3 Å². The zero-order valence-corrected chi connectivity index (χ0v) is 20.4. The van der Waals surface area contributed by atoms with Gasteiger partial charge in [-0.25, -0.2) is 4.98 Å². The van der Waals surface area contributed by atoms with Crippen LogP contribution in [-0.2, 0) is 19.1 Å². The molecule has 7 nitrogen and oxygen atoms in total. The van der Waals surface area contributed by atoms with Gasteiger partial charge in [-0.2, -0.15) is 0 Å². The molecule has 33 heavy (non-hydrogen) atoms. The van der Waals surface area contributed by atoms with E-state index < -0.39 is 0 Å². The summed E-state index contributed by atoms with van der Waals surface area (Å²) < 4.78 is 10.8. The first-order valence-corrected chi connectivity index (χ1v) is 12.3. The number of fused-ring (bicyclic) bond motifs is 1. The highest BCUT2D eigenvalue weighted by molar-refractivity contribution is 8.26. The van der Waals surface area contributed by atoms with Gasteiger partial charge in [-0.1, -0.05) is 42.2 Å². The molecule has 1 aromatic carbocycles. The summed E-state index contributed by atoms with van der Waals surface area (Å²) in [6.07, 6.45) is 3.32. The summed E-state index contributed by atoms with van der Waals surface area (Å²) in [7, 11) is 1.60. The van der Waals surface area contributed by atoms with Crippen LogP contribution in [0.15, 0.2) is 35.2 Å². The second kappa shape index (κ2) is 10.6. The second-order valence-corrected chi connectivity index (χ2v) is 9.61. The number of carbonyl (C=O) groups is 2. The minimum atomic E-state index is -0.122. The van der Waals surface area contributed by atoms with E-state index in [1.54, 1.807) is 12.0 Å². The van der Waals surface area contributed by atoms with E-state index in [1.807, 2.05) is 37.3 Å². The molecule has 2 aromatic rings. The standard InChI is InChI=1S/C24H27N3O4S2/c1-3-31-23(29)16-8-10-26(11-9-16)21-18(14-17-6-4-5-7-19(17)25-21)15-20-22(28)27(12-13-30-2)24(32)33-20/h4-7,14-16H,3,8-13H2,1-2H3/b20-15-. The minimum Gasteiger partial charge on any atom is -0.466 e. The van der Waals surface area contributed by atoms with E-state index in [2.05, 4.69) is 11.0 Å². The van der Waals surface area contributed by atoms with Gasteiger partial charge in [0, 0.05) is 31.1 Å². The molecule has 2 saturated heterocycles. The van der Waals surface area contributed by atoms with Gasteiger partial charge < -0.3 is 14.4 Å². The summed E-state index contributed by atoms with van der Waals surface area (Å²) in [5.74, 6) is 0.506. The van der Waals surface area contributed by atoms with Crippen LogP contribution in [0.2, 0.25) is 0 Å². The first kappa shape index (κ1) is 23.7. The van der Waals surface area contributed by atoms with E-state index in [-0.39, 0.29) is 17.8 Å². The molecule has 2 fully saturated rings. The van der Waals surface area contributed by atoms with Crippen LogP contribution in [0.5, 0.6) is 0 Å². The number of thioether (sulfide) groups is 1. The fourth-order valence-corrected chi connectivity index (χ4v) is 5.38. The summed E-state index contributed by atoms with van der Waals surface area (Å²) in [4.78, 5) is 34.4. The Morgan fingerprint density at radius 3 is 2.79 bits per heavy atom. The lowest BCUT2D eigenvalue weighted by molar-refractivity contribution is -0.148. The van der Waals surface area contributed by atoms with Crippen molar-refractivity contribution in [1.82, 2.24) is 9.88 Å². The number of aromatic nitrogens is 1. The van der Waals surface area contributed by atoms with E-state index in [9.17, 15) is 9.59 Å². The van der Waals surface area contributed by atoms with Gasteiger partial charge >= 0.3 is 5.97 Å². The Kier molecular flexibility index (Phi) is 7.62. The number of methoxy groups -OCH3 is 1. The zero-order valence-electron chi connectivity index (χ0n) is 18.8. The van der Waals surface area contributed by atoms with Crippen molar-refractivity contribution in [2.24, 2.45) is 5.92 Å². The molecule has 0 saturated carbocycles. The average Bonchev–Trinajstić information content (AvgIpc) is 3.09. The van der Waals surface area contributed by atoms with Crippen molar-refractivity contribution >= 4 is 63.0 Å². The molecule has 2 aliphatic rings. The monoisotopic (exact) mass is 485 g/mol. The van der Waals surface area contributed by atoms with Crippen molar-refractivity contribution in [3.05, 3.63) is 40.8 Å². The van der Waals surface area contributed by atoms with Gasteiger partial charge in [-0.15, -0.1) is 0 Å². The smallest absolute Gasteiger partial charge is 0.309 e. The molecule has 4 rings (SSSR count). The molecule has 1 amide bonds. The molecular formula is C24H27N3O4S2. The van der Waals surface area contributed by atoms with Crippen molar-refractivity contribution in [3.63, 3.8) is 0 Å². The number of hydrogen-bond donors (Lipinski definition) is 0. The number of carbonyl (C=O) groups excluding carboxylic acids is 2. The summed E-state index contributed by atoms with van der Waals surface area (Å²) in [5, 5.41) is 1.00. The second-order valence-electron chi connectivity index (χ2n) is 7.93. The molecule has 0 radical (unpaired) electrons. The highest BCUT2D eigenvalue weighted by Gasteiger charge is 2.33. The number of thiocarbonyl (C=S) groups is 1. The van der Waals surface area contributed by atoms with E-state index in [4.69, 9.17) is 26.7 Å². The Morgan fingerprint density at radius 2 is 2.06 bits per heavy atom. The Hall–Kier alpha value is -2.49. The third kappa shape index (κ3) is 5.20. The van der Waals surface area contributed by atoms with Crippen LogP contribution in [0.3, 0.4) is 0 Å². The maximum atomic E-state index is 13.0. The molecule has 0 N–H and O–H groups in total. The van der Waals surface area contributed by atoms with Crippen molar-refractivity contribution in [1.29, 1.82) is 0 Å². The van der Waals surface area contributed by atoms with Gasteiger partial charge in [0.25, 0.3) is 5.91 Å². The molecular weight excluding hydrogens is 458 g/mol. The Balaban J connectivity index is 1.64. The van der Waals surface area contributed by atoms with Crippen molar-refractivity contribution in [2.75, 3.05) is 44.9 Å². The van der Waals surface area contributed by atoms with E-state index in [0.29, 0.717) is 54.9 Å². The maximum absolute atomic E-state index is 13.0. The summed E-state index contributed by atoms with van der Waals surface area (Å²) >= 11 is 6.72. The Bertz CT molecular complexity index is 1100. The number of para-hydroxylation sites is 1. The van der Waals surface area contributed by atoms with Crippen LogP contribution >= 0.6 is 24.0 Å². The summed E-state index contributed by atoms with van der Waals surface area (Å²) in [5.41, 5.74) is 1.76. The normalized spacial score (nSPS) is 18.5. The fourth-order valence-electron chi connectivity index (χ4n) is 4.09. The predicted molar refractivity (Wildman–Crippen MR) is 135 cm³/mol. The maximum Gasteiger partial charge on any atom is 0.309 e. The first-order valence-electron chi connectivity index (χ1n) is 11.1. The molecule has 0 spiro atoms. The lowest BCUT2D eigenvalue weighted by Crippen LogP contribution is -2.37. The van der Waals surface area contributed by atoms with Crippen molar-refractivity contribution in [2.45, 2.75) is 19.8 Å². The van der Waals surface area contributed by atoms with Crippen molar-refractivity contribution < 1.29 is 19.1 Å². The van der Waals surface area contributed by atoms with Gasteiger partial charge in [0.05, 0.1) is 36.1 Å². The van der Waals surface area contributed by atoms with Crippen LogP contribution in [0.4, 0.5) is 5.82 Å². The number of hydrogen-bond acceptors (Lipinski definition) is 8. The molecule has 9 heteroatoms. The number of rotatable bonds is 7. The van der Waals surface area contributed by atoms with Gasteiger partial charge in [-0.3, -0.25) is 14.5 Å². The molecule has 174 valence electrons. The van der Waals surface area contributed by atoms with E-state index in [1.165, 1.54) is 11.8 Å². The van der Waals surface area contributed by atoms with Crippen LogP contribution in [0.25, 0.3) is 17.0 Å². The van der Waals surface area contributed by atoms with Gasteiger partial charge in [0.2, 0.25) is 0 Å². The average molecular weight is 486 g/mol. The third-order valence-electron chi connectivity index (χ3n) is 5.83. The molecule has 0 unspecified atom stereocenters. The first-order chi connectivity index (χ1) is 16.0. The number of esters is 1. The van der Waals surface area contributed by atoms with Gasteiger partial charge in [-0.05, 0) is 38.0 Å². The topological polar surface area (TPSA) is 72.0 Å². The minimum absolute atomic E-state index is 0.0813. The lowest BCUT2D eigenvalue weighted by Gasteiger charge is -2.32. The number of ether oxygens (including phenoxy) is 2. The predicted octanol–water partition coefficient (Wildman–Crippen LogP) is 3.86. The number of pyridine rings is 1. The quantitative estimate of drug-likeness (QED) is 0.333. The third-order valence-corrected chi connectivity index (χ3v) is 7.20. The Labute approximate surface area is 203 Å². The number of anilines is 1. The highest BCUT2D eigenvalue weighted by Crippen LogP contribution is 2.35. The molecule has 0 atom stereocenters. The van der Waals surface area contributed by atoms with Crippen LogP contribution in [-0.4, -0.2) is 66.0 Å². The molecule has 2 aliphatic heterocycles. The van der Waals surface area contributed by atoms with Gasteiger partial charge in [0.1, 0.15) is 10.1 Å². The SMILES string of the molecule is CCOC(=O)C1CCN(c2nc3ccccc3cc2/C=C2\SC(=S)N(CCOC)C2=O)CC1. The van der Waals surface area contributed by atoms with Crippen LogP contribution < -0.4 is 4.90 Å². The summed E-state index contributed by atoms with van der Waals surface area (Å²) in [6, 6.07) is 10.0. The largest absolute Gasteiger partial charge is 0.466 e. The number of piperidine rings is 1. The molecule has 0 aliphatic carbocycles. The van der Waals surface area contributed by atoms with Crippen LogP contribution in [0, 0.1) is 5.92 Å². The van der Waals surface area contributed by atoms with Gasteiger partial charge in [0.15, 0.2) is 0 Å². The van der Waals surface area contributed by atoms with E-state index in [0.717, 1.165) is 22.3 Å². The molecule has 1 aromatic heterocycles. The molecule has 0 bridgehead atoms. The summed E-state index contributed by atoms with van der Waals surface area (Å²) in [6.45, 7) is 4.49. The lowest BCUT2D eigenvalue weighted by atomic mass is 9.96. The highest BCUT2D eigenvalue weighted by atomic mass is 32.2. The molecule has 3 heterocycles. The zero-order chi connectivity index (χ0) is 23.4. The number of amides is 1. The number of nitrogens with zero attached hydrogens (tertiary/aromatic N) is 3.